The van der Waals surface area contributed by atoms with Crippen LogP contribution in [0.3, 0.4) is 0 Å². The number of hydrogen-bond acceptors (Lipinski definition) is 1. The monoisotopic (exact) mass is 248 g/mol. The third-order valence-corrected chi connectivity index (χ3v) is 2.64. The van der Waals surface area contributed by atoms with Crippen LogP contribution in [0.2, 0.25) is 0 Å². The molecule has 0 aliphatic carbocycles. The molecule has 0 aliphatic rings. The molecule has 92 valence electrons. The molecule has 0 bridgehead atoms. The van der Waals surface area contributed by atoms with Gasteiger partial charge in [-0.1, -0.05) is 45.0 Å². The molecule has 0 saturated carbocycles. The van der Waals surface area contributed by atoms with Crippen LogP contribution in [-0.4, -0.2) is 11.7 Å². The van der Waals surface area contributed by atoms with Gasteiger partial charge >= 0.3 is 0 Å². The molecule has 1 rings (SSSR count). The van der Waals surface area contributed by atoms with E-state index >= 15 is 0 Å². The lowest BCUT2D eigenvalue weighted by molar-refractivity contribution is 0.592. The van der Waals surface area contributed by atoms with Gasteiger partial charge in [-0.15, -0.1) is 6.58 Å². The Morgan fingerprint density at radius 3 is 2.59 bits per heavy atom. The van der Waals surface area contributed by atoms with Crippen LogP contribution in [0, 0.1) is 0 Å². The Morgan fingerprint density at radius 2 is 2.00 bits per heavy atom. The van der Waals surface area contributed by atoms with Crippen molar-refractivity contribution in [3.05, 3.63) is 42.5 Å². The first-order valence-electron chi connectivity index (χ1n) is 5.70. The molecule has 0 spiro atoms. The van der Waals surface area contributed by atoms with Crippen LogP contribution in [0.4, 0.5) is 5.69 Å². The van der Waals surface area contributed by atoms with Gasteiger partial charge in [0.25, 0.3) is 0 Å². The smallest absolute Gasteiger partial charge is 0.171 e. The van der Waals surface area contributed by atoms with Crippen molar-refractivity contribution >= 4 is 23.0 Å². The minimum Gasteiger partial charge on any atom is -0.359 e. The summed E-state index contributed by atoms with van der Waals surface area (Å²) in [6, 6.07) is 8.22. The highest BCUT2D eigenvalue weighted by molar-refractivity contribution is 7.80. The fourth-order valence-corrected chi connectivity index (χ4v) is 1.77. The van der Waals surface area contributed by atoms with Crippen LogP contribution in [0.25, 0.3) is 0 Å². The average Bonchev–Trinajstić information content (AvgIpc) is 2.25. The second-order valence-corrected chi connectivity index (χ2v) is 5.33. The van der Waals surface area contributed by atoms with E-state index in [1.165, 1.54) is 5.56 Å². The van der Waals surface area contributed by atoms with Gasteiger partial charge in [0, 0.05) is 12.2 Å². The second-order valence-electron chi connectivity index (χ2n) is 4.92. The Labute approximate surface area is 109 Å². The van der Waals surface area contributed by atoms with E-state index in [4.69, 9.17) is 12.2 Å². The van der Waals surface area contributed by atoms with Crippen molar-refractivity contribution in [3.8, 4) is 0 Å². The van der Waals surface area contributed by atoms with Gasteiger partial charge in [-0.3, -0.25) is 0 Å². The van der Waals surface area contributed by atoms with Gasteiger partial charge in [-0.25, -0.2) is 0 Å². The number of rotatable bonds is 3. The van der Waals surface area contributed by atoms with E-state index in [1.807, 2.05) is 18.2 Å². The maximum Gasteiger partial charge on any atom is 0.171 e. The summed E-state index contributed by atoms with van der Waals surface area (Å²) in [7, 11) is 0. The van der Waals surface area contributed by atoms with E-state index in [0.29, 0.717) is 11.7 Å². The molecule has 0 unspecified atom stereocenters. The summed E-state index contributed by atoms with van der Waals surface area (Å²) >= 11 is 5.21. The molecule has 2 nitrogen and oxygen atoms in total. The first-order chi connectivity index (χ1) is 7.95. The summed E-state index contributed by atoms with van der Waals surface area (Å²) in [5.41, 5.74) is 2.40. The Hall–Kier alpha value is -1.35. The molecule has 0 fully saturated rings. The van der Waals surface area contributed by atoms with Crippen molar-refractivity contribution in [3.63, 3.8) is 0 Å². The number of nitrogens with one attached hydrogen (secondary N) is 2. The Kier molecular flexibility index (Phi) is 4.70. The molecule has 17 heavy (non-hydrogen) atoms. The number of hydrogen-bond donors (Lipinski definition) is 2. The highest BCUT2D eigenvalue weighted by Crippen LogP contribution is 2.29. The normalized spacial score (nSPS) is 10.8. The van der Waals surface area contributed by atoms with Gasteiger partial charge in [0.05, 0.1) is 0 Å². The molecule has 0 amide bonds. The van der Waals surface area contributed by atoms with E-state index in [9.17, 15) is 0 Å². The second kappa shape index (κ2) is 5.82. The minimum absolute atomic E-state index is 0.0949. The number of para-hydroxylation sites is 1. The lowest BCUT2D eigenvalue weighted by Gasteiger charge is -2.23. The zero-order valence-electron chi connectivity index (χ0n) is 10.7. The summed E-state index contributed by atoms with van der Waals surface area (Å²) in [6.07, 6.45) is 1.78. The van der Waals surface area contributed by atoms with E-state index in [1.54, 1.807) is 6.08 Å². The Morgan fingerprint density at radius 1 is 1.35 bits per heavy atom. The third kappa shape index (κ3) is 4.19. The molecule has 0 aromatic heterocycles. The van der Waals surface area contributed by atoms with E-state index in [2.05, 4.69) is 44.1 Å². The minimum atomic E-state index is 0.0949. The van der Waals surface area contributed by atoms with E-state index < -0.39 is 0 Å². The molecule has 1 aromatic carbocycles. The van der Waals surface area contributed by atoms with E-state index in [0.717, 1.165) is 5.69 Å². The van der Waals surface area contributed by atoms with Crippen LogP contribution in [0.5, 0.6) is 0 Å². The van der Waals surface area contributed by atoms with Crippen molar-refractivity contribution in [1.82, 2.24) is 5.32 Å². The van der Waals surface area contributed by atoms with Gasteiger partial charge in [0.1, 0.15) is 0 Å². The summed E-state index contributed by atoms with van der Waals surface area (Å²) in [4.78, 5) is 0. The number of anilines is 1. The van der Waals surface area contributed by atoms with Crippen molar-refractivity contribution < 1.29 is 0 Å². The van der Waals surface area contributed by atoms with Crippen LogP contribution < -0.4 is 10.6 Å². The predicted molar refractivity (Wildman–Crippen MR) is 79.6 cm³/mol. The SMILES string of the molecule is C=CCNC(=S)Nc1ccccc1C(C)(C)C. The number of benzene rings is 1. The zero-order chi connectivity index (χ0) is 12.9. The molecular weight excluding hydrogens is 228 g/mol. The zero-order valence-corrected chi connectivity index (χ0v) is 11.5. The van der Waals surface area contributed by atoms with Crippen LogP contribution >= 0.6 is 12.2 Å². The highest BCUT2D eigenvalue weighted by atomic mass is 32.1. The highest BCUT2D eigenvalue weighted by Gasteiger charge is 2.17. The average molecular weight is 248 g/mol. The Balaban J connectivity index is 2.84. The summed E-state index contributed by atoms with van der Waals surface area (Å²) in [6.45, 7) is 10.9. The fraction of sp³-hybridized carbons (Fsp3) is 0.357. The molecule has 0 atom stereocenters. The van der Waals surface area contributed by atoms with Gasteiger partial charge in [-0.2, -0.15) is 0 Å². The molecule has 0 aliphatic heterocycles. The van der Waals surface area contributed by atoms with Gasteiger partial charge in [-0.05, 0) is 29.3 Å². The van der Waals surface area contributed by atoms with Gasteiger partial charge in [0.2, 0.25) is 0 Å². The number of thiocarbonyl (C=S) groups is 1. The standard InChI is InChI=1S/C14H20N2S/c1-5-10-15-13(17)16-12-9-7-6-8-11(12)14(2,3)4/h5-9H,1,10H2,2-4H3,(H2,15,16,17). The van der Waals surface area contributed by atoms with Gasteiger partial charge < -0.3 is 10.6 Å². The first kappa shape index (κ1) is 13.7. The molecule has 0 radical (unpaired) electrons. The lowest BCUT2D eigenvalue weighted by atomic mass is 9.86. The quantitative estimate of drug-likeness (QED) is 0.633. The van der Waals surface area contributed by atoms with Crippen LogP contribution in [0.15, 0.2) is 36.9 Å². The van der Waals surface area contributed by atoms with Crippen molar-refractivity contribution in [2.45, 2.75) is 26.2 Å². The van der Waals surface area contributed by atoms with Crippen molar-refractivity contribution in [2.24, 2.45) is 0 Å². The molecule has 0 heterocycles. The first-order valence-corrected chi connectivity index (χ1v) is 6.11. The van der Waals surface area contributed by atoms with E-state index in [-0.39, 0.29) is 5.41 Å². The fourth-order valence-electron chi connectivity index (χ4n) is 1.58. The molecular formula is C14H20N2S. The summed E-state index contributed by atoms with van der Waals surface area (Å²) in [5, 5.41) is 6.91. The maximum atomic E-state index is 5.21. The molecule has 2 N–H and O–H groups in total. The molecule has 0 saturated heterocycles. The van der Waals surface area contributed by atoms with Crippen molar-refractivity contribution in [1.29, 1.82) is 0 Å². The predicted octanol–water partition coefficient (Wildman–Crippen LogP) is 3.46. The topological polar surface area (TPSA) is 24.1 Å². The van der Waals surface area contributed by atoms with Gasteiger partial charge in [0.15, 0.2) is 5.11 Å². The molecule has 3 heteroatoms. The van der Waals surface area contributed by atoms with Crippen LogP contribution in [-0.2, 0) is 5.41 Å². The summed E-state index contributed by atoms with van der Waals surface area (Å²) in [5.74, 6) is 0. The lowest BCUT2D eigenvalue weighted by Crippen LogP contribution is -2.29. The third-order valence-electron chi connectivity index (χ3n) is 2.39. The maximum absolute atomic E-state index is 5.21. The summed E-state index contributed by atoms with van der Waals surface area (Å²) < 4.78 is 0. The van der Waals surface area contributed by atoms with Crippen molar-refractivity contribution in [2.75, 3.05) is 11.9 Å². The van der Waals surface area contributed by atoms with Crippen LogP contribution in [0.1, 0.15) is 26.3 Å². The molecule has 1 aromatic rings. The Bertz CT molecular complexity index is 405. The largest absolute Gasteiger partial charge is 0.359 e.